The van der Waals surface area contributed by atoms with Gasteiger partial charge in [0.15, 0.2) is 0 Å². The third-order valence-electron chi connectivity index (χ3n) is 18.3. The van der Waals surface area contributed by atoms with Crippen LogP contribution in [0.15, 0.2) is 188 Å². The fourth-order valence-electron chi connectivity index (χ4n) is 12.6. The van der Waals surface area contributed by atoms with Gasteiger partial charge in [0.1, 0.15) is 0 Å². The van der Waals surface area contributed by atoms with Crippen LogP contribution in [-0.2, 0) is 32.5 Å². The molecule has 0 N–H and O–H groups in total. The molecule has 0 radical (unpaired) electrons. The van der Waals surface area contributed by atoms with Gasteiger partial charge in [-0.2, -0.15) is 0 Å². The molecule has 0 amide bonds. The summed E-state index contributed by atoms with van der Waals surface area (Å²) >= 11 is 1.91. The molecule has 0 saturated heterocycles. The van der Waals surface area contributed by atoms with E-state index in [0.717, 1.165) is 51.2 Å². The van der Waals surface area contributed by atoms with E-state index in [9.17, 15) is 0 Å². The third kappa shape index (κ3) is 11.7. The van der Waals surface area contributed by atoms with Gasteiger partial charge in [0, 0.05) is 65.4 Å². The first-order chi connectivity index (χ1) is 41.2. The largest absolute Gasteiger partial charge is 0.312 e. The number of nitrogens with zero attached hydrogens (tertiary/aromatic N) is 4. The number of aryl methyl sites for hydroxylation is 1. The Morgan fingerprint density at radius 1 is 0.330 bits per heavy atom. The van der Waals surface area contributed by atoms with Crippen molar-refractivity contribution in [3.05, 3.63) is 238 Å². The summed E-state index contributed by atoms with van der Waals surface area (Å²) in [7, 11) is 0. The van der Waals surface area contributed by atoms with Gasteiger partial charge in [-0.1, -0.05) is 216 Å². The Hall–Kier alpha value is -7.86. The fraction of sp³-hybridized carbons (Fsp3) is 0.325. The molecule has 88 heavy (non-hydrogen) atoms. The molecule has 2 heterocycles. The molecule has 0 aliphatic rings. The minimum Gasteiger partial charge on any atom is -0.312 e. The second-order valence-corrected chi connectivity index (χ2v) is 32.1. The highest BCUT2D eigenvalue weighted by Crippen LogP contribution is 2.54. The lowest BCUT2D eigenvalue weighted by atomic mass is 9.84. The monoisotopic (exact) mass is 1180 g/mol. The van der Waals surface area contributed by atoms with Crippen LogP contribution in [0.5, 0.6) is 0 Å². The Balaban J connectivity index is 1.23. The number of thiophene rings is 1. The van der Waals surface area contributed by atoms with Gasteiger partial charge in [0.05, 0.1) is 28.3 Å². The van der Waals surface area contributed by atoms with Gasteiger partial charge in [0.2, 0.25) is 0 Å². The second-order valence-electron chi connectivity index (χ2n) is 31.1. The van der Waals surface area contributed by atoms with Crippen LogP contribution >= 0.6 is 11.3 Å². The topological polar surface area (TPSA) is 14.7 Å². The van der Waals surface area contributed by atoms with Crippen LogP contribution in [0.3, 0.4) is 0 Å². The smallest absolute Gasteiger partial charge is 0.0765 e. The van der Waals surface area contributed by atoms with E-state index in [2.05, 4.69) is 353 Å². The quantitative estimate of drug-likeness (QED) is 0.136. The van der Waals surface area contributed by atoms with Crippen LogP contribution in [0.4, 0.5) is 51.2 Å². The molecule has 0 bridgehead atoms. The van der Waals surface area contributed by atoms with Crippen molar-refractivity contribution in [1.29, 1.82) is 0 Å². The molecule has 452 valence electrons. The zero-order valence-electron chi connectivity index (χ0n) is 56.6. The highest BCUT2D eigenvalue weighted by atomic mass is 32.1. The predicted molar refractivity (Wildman–Crippen MR) is 387 cm³/mol. The number of aromatic nitrogens is 1. The summed E-state index contributed by atoms with van der Waals surface area (Å²) in [4.78, 5) is 7.65. The SMILES string of the molecule is Cc1ccc(N(c2ccc(C(C)(C)C)cc2)c2ccc(C(C)(C)C)cc2)cc1N(c1ccc(C(C)(C)C)cc1)c1cc(C(C)(C)C)cc(N(c2ccc(C(C)(C)C)cc2)c2c(C)n(-c3ccc(C(C)(C)C)cc3)c3ccc4c5ccccc5sc4c23)c1C. The zero-order valence-corrected chi connectivity index (χ0v) is 57.4. The average molecular weight is 1180 g/mol. The number of rotatable bonds is 10. The van der Waals surface area contributed by atoms with Gasteiger partial charge in [-0.3, -0.25) is 0 Å². The van der Waals surface area contributed by atoms with Crippen molar-refractivity contribution >= 4 is 93.6 Å². The lowest BCUT2D eigenvalue weighted by molar-refractivity contribution is 0.589. The summed E-state index contributed by atoms with van der Waals surface area (Å²) in [5.41, 5.74) is 23.4. The molecule has 5 heteroatoms. The van der Waals surface area contributed by atoms with Crippen LogP contribution in [-0.4, -0.2) is 4.57 Å². The summed E-state index contributed by atoms with van der Waals surface area (Å²) in [6.07, 6.45) is 0. The molecular formula is C83H94N4S. The molecule has 4 nitrogen and oxygen atoms in total. The number of hydrogen-bond acceptors (Lipinski definition) is 4. The molecule has 0 aliphatic carbocycles. The molecule has 9 aromatic carbocycles. The van der Waals surface area contributed by atoms with Gasteiger partial charge < -0.3 is 19.3 Å². The van der Waals surface area contributed by atoms with Gasteiger partial charge in [-0.25, -0.2) is 0 Å². The fourth-order valence-corrected chi connectivity index (χ4v) is 13.9. The first-order valence-electron chi connectivity index (χ1n) is 31.8. The van der Waals surface area contributed by atoms with E-state index in [1.54, 1.807) is 0 Å². The Bertz CT molecular complexity index is 4300. The van der Waals surface area contributed by atoms with E-state index in [4.69, 9.17) is 0 Å². The minimum atomic E-state index is -0.247. The van der Waals surface area contributed by atoms with E-state index in [1.807, 2.05) is 11.3 Å². The summed E-state index contributed by atoms with van der Waals surface area (Å²) in [6, 6.07) is 72.4. The van der Waals surface area contributed by atoms with Crippen molar-refractivity contribution in [3.63, 3.8) is 0 Å². The highest BCUT2D eigenvalue weighted by molar-refractivity contribution is 7.26. The van der Waals surface area contributed by atoms with Crippen molar-refractivity contribution in [2.45, 2.75) is 178 Å². The maximum Gasteiger partial charge on any atom is 0.0765 e. The molecule has 11 rings (SSSR count). The number of anilines is 9. The van der Waals surface area contributed by atoms with Crippen molar-refractivity contribution in [1.82, 2.24) is 4.57 Å². The van der Waals surface area contributed by atoms with Crippen molar-refractivity contribution in [2.24, 2.45) is 0 Å². The molecule has 11 aromatic rings. The van der Waals surface area contributed by atoms with Crippen LogP contribution < -0.4 is 14.7 Å². The average Bonchev–Trinajstić information content (AvgIpc) is 1.62. The molecule has 0 saturated carbocycles. The van der Waals surface area contributed by atoms with Crippen LogP contribution in [0.2, 0.25) is 0 Å². The first-order valence-corrected chi connectivity index (χ1v) is 32.6. The van der Waals surface area contributed by atoms with Crippen molar-refractivity contribution < 1.29 is 0 Å². The Morgan fingerprint density at radius 2 is 0.716 bits per heavy atom. The van der Waals surface area contributed by atoms with Gasteiger partial charge in [-0.05, 0) is 195 Å². The zero-order chi connectivity index (χ0) is 63.4. The number of benzene rings is 9. The number of fused-ring (bicyclic) bond motifs is 5. The van der Waals surface area contributed by atoms with Crippen molar-refractivity contribution in [3.8, 4) is 5.69 Å². The molecule has 0 spiro atoms. The van der Waals surface area contributed by atoms with E-state index in [-0.39, 0.29) is 32.5 Å². The normalized spacial score (nSPS) is 12.8. The Morgan fingerprint density at radius 3 is 1.16 bits per heavy atom. The Labute approximate surface area is 531 Å². The third-order valence-corrected chi connectivity index (χ3v) is 19.5. The van der Waals surface area contributed by atoms with Crippen LogP contribution in [0.1, 0.15) is 175 Å². The highest BCUT2D eigenvalue weighted by Gasteiger charge is 2.32. The lowest BCUT2D eigenvalue weighted by Gasteiger charge is -2.36. The molecule has 2 aromatic heterocycles. The predicted octanol–water partition coefficient (Wildman–Crippen LogP) is 25.1. The summed E-state index contributed by atoms with van der Waals surface area (Å²) in [5.74, 6) is 0. The second kappa shape index (κ2) is 22.3. The van der Waals surface area contributed by atoms with Crippen LogP contribution in [0.25, 0.3) is 36.8 Å². The summed E-state index contributed by atoms with van der Waals surface area (Å²) in [5, 5.41) is 3.82. The maximum absolute atomic E-state index is 2.64. The lowest BCUT2D eigenvalue weighted by Crippen LogP contribution is -2.21. The van der Waals surface area contributed by atoms with Gasteiger partial charge in [-0.15, -0.1) is 11.3 Å². The minimum absolute atomic E-state index is 0.0144. The molecule has 0 aliphatic heterocycles. The maximum atomic E-state index is 2.64. The standard InChI is InChI=1S/C83H94N4S/c1-53-26-37-67(85(63-40-29-57(30-41-63)79(7,8)9)64-42-31-58(32-43-64)80(10,11)12)52-71(53)86(65-44-33-59(34-45-65)81(13,14)15)72-50-61(83(19,20)21)51-73(54(72)2)87(66-46-35-60(36-47-66)82(16,17)18)76-55(3)84(62-38-27-56(28-39-62)78(4,5)6)70-49-48-69-68-24-22-23-25-74(68)88-77(69)75(70)76/h22-52H,1-21H3. The Kier molecular flexibility index (Phi) is 15.7. The molecular weight excluding hydrogens is 1090 g/mol. The molecule has 0 atom stereocenters. The van der Waals surface area contributed by atoms with E-state index in [0.29, 0.717) is 0 Å². The first kappa shape index (κ1) is 61.8. The number of hydrogen-bond donors (Lipinski definition) is 0. The molecule has 0 fully saturated rings. The van der Waals surface area contributed by atoms with Crippen molar-refractivity contribution in [2.75, 3.05) is 14.7 Å². The summed E-state index contributed by atoms with van der Waals surface area (Å²) in [6.45, 7) is 48.6. The van der Waals surface area contributed by atoms with Gasteiger partial charge in [0.25, 0.3) is 0 Å². The van der Waals surface area contributed by atoms with E-state index >= 15 is 0 Å². The van der Waals surface area contributed by atoms with E-state index in [1.165, 1.54) is 87.0 Å². The summed E-state index contributed by atoms with van der Waals surface area (Å²) < 4.78 is 5.11. The van der Waals surface area contributed by atoms with Crippen LogP contribution in [0, 0.1) is 20.8 Å². The van der Waals surface area contributed by atoms with E-state index < -0.39 is 0 Å². The molecule has 0 unspecified atom stereocenters. The van der Waals surface area contributed by atoms with Gasteiger partial charge >= 0.3 is 0 Å².